The van der Waals surface area contributed by atoms with E-state index in [4.69, 9.17) is 11.5 Å². The Balaban J connectivity index is 2.37. The predicted octanol–water partition coefficient (Wildman–Crippen LogP) is 1.90. The van der Waals surface area contributed by atoms with Crippen LogP contribution in [0.25, 0.3) is 0 Å². The van der Waals surface area contributed by atoms with Crippen LogP contribution in [0.5, 0.6) is 0 Å². The lowest BCUT2D eigenvalue weighted by molar-refractivity contribution is -0.114. The maximum Gasteiger partial charge on any atom is 0.251 e. The molecule has 1 aromatic rings. The third-order valence-corrected chi connectivity index (χ3v) is 5.34. The molecule has 1 aliphatic rings. The molecule has 1 aromatic heterocycles. The molecule has 1 unspecified atom stereocenters. The van der Waals surface area contributed by atoms with Gasteiger partial charge in [0.2, 0.25) is 5.91 Å². The maximum atomic E-state index is 11.7. The minimum atomic E-state index is -0.478. The van der Waals surface area contributed by atoms with Crippen molar-refractivity contribution < 1.29 is 9.59 Å². The zero-order valence-corrected chi connectivity index (χ0v) is 13.6. The lowest BCUT2D eigenvalue weighted by Gasteiger charge is -2.33. The van der Waals surface area contributed by atoms with Gasteiger partial charge in [0.1, 0.15) is 5.00 Å². The lowest BCUT2D eigenvalue weighted by atomic mass is 9.72. The first kappa shape index (κ1) is 16.0. The number of nitrogens with two attached hydrogens (primary N) is 2. The highest BCUT2D eigenvalue weighted by molar-refractivity contribution is 7.17. The van der Waals surface area contributed by atoms with Crippen molar-refractivity contribution >= 4 is 28.2 Å². The second-order valence-corrected chi connectivity index (χ2v) is 7.74. The molecule has 2 rings (SSSR count). The van der Waals surface area contributed by atoms with Crippen molar-refractivity contribution in [3.8, 4) is 0 Å². The van der Waals surface area contributed by atoms with Gasteiger partial charge in [0, 0.05) is 4.88 Å². The fourth-order valence-electron chi connectivity index (χ4n) is 2.85. The first-order valence-electron chi connectivity index (χ1n) is 7.18. The fourth-order valence-corrected chi connectivity index (χ4v) is 4.20. The molecule has 116 valence electrons. The molecule has 0 spiro atoms. The van der Waals surface area contributed by atoms with E-state index in [9.17, 15) is 9.59 Å². The topological polar surface area (TPSA) is 98.2 Å². The van der Waals surface area contributed by atoms with Gasteiger partial charge in [0.15, 0.2) is 0 Å². The van der Waals surface area contributed by atoms with E-state index in [1.54, 1.807) is 0 Å². The summed E-state index contributed by atoms with van der Waals surface area (Å²) in [7, 11) is 0. The molecular weight excluding hydrogens is 286 g/mol. The summed E-state index contributed by atoms with van der Waals surface area (Å²) in [5.41, 5.74) is 12.6. The van der Waals surface area contributed by atoms with Crippen LogP contribution >= 0.6 is 11.3 Å². The molecule has 1 atom stereocenters. The number of hydrogen-bond donors (Lipinski definition) is 3. The van der Waals surface area contributed by atoms with E-state index < -0.39 is 5.91 Å². The van der Waals surface area contributed by atoms with Crippen LogP contribution in [0.3, 0.4) is 0 Å². The number of primary amides is 1. The second kappa shape index (κ2) is 5.77. The summed E-state index contributed by atoms with van der Waals surface area (Å²) < 4.78 is 0. The van der Waals surface area contributed by atoms with Crippen LogP contribution in [0.15, 0.2) is 0 Å². The largest absolute Gasteiger partial charge is 0.365 e. The Kier molecular flexibility index (Phi) is 4.39. The fraction of sp³-hybridized carbons (Fsp3) is 0.600. The highest BCUT2D eigenvalue weighted by Gasteiger charge is 2.33. The number of rotatable bonds is 3. The monoisotopic (exact) mass is 309 g/mol. The molecule has 2 amide bonds. The van der Waals surface area contributed by atoms with Crippen molar-refractivity contribution in [2.75, 3.05) is 11.9 Å². The predicted molar refractivity (Wildman–Crippen MR) is 85.5 cm³/mol. The lowest BCUT2D eigenvalue weighted by Crippen LogP contribution is -2.27. The number of amides is 2. The third kappa shape index (κ3) is 3.27. The minimum absolute atomic E-state index is 0.106. The van der Waals surface area contributed by atoms with E-state index in [0.717, 1.165) is 24.8 Å². The summed E-state index contributed by atoms with van der Waals surface area (Å²) in [4.78, 5) is 24.4. The molecule has 0 radical (unpaired) electrons. The molecule has 0 bridgehead atoms. The molecule has 5 nitrogen and oxygen atoms in total. The summed E-state index contributed by atoms with van der Waals surface area (Å²) in [6.07, 6.45) is 2.81. The van der Waals surface area contributed by atoms with Gasteiger partial charge in [-0.2, -0.15) is 0 Å². The van der Waals surface area contributed by atoms with Gasteiger partial charge in [-0.05, 0) is 36.2 Å². The molecule has 21 heavy (non-hydrogen) atoms. The molecular formula is C15H23N3O2S. The SMILES string of the molecule is CC(C)(C)C1CCc2c(sc(NC(=O)CN)c2C(N)=O)C1. The summed E-state index contributed by atoms with van der Waals surface area (Å²) in [5.74, 6) is -0.208. The Bertz CT molecular complexity index is 572. The molecule has 0 saturated heterocycles. The van der Waals surface area contributed by atoms with E-state index in [2.05, 4.69) is 26.1 Å². The summed E-state index contributed by atoms with van der Waals surface area (Å²) in [6.45, 7) is 6.61. The molecule has 5 N–H and O–H groups in total. The normalized spacial score (nSPS) is 18.2. The summed E-state index contributed by atoms with van der Waals surface area (Å²) >= 11 is 1.47. The minimum Gasteiger partial charge on any atom is -0.365 e. The maximum absolute atomic E-state index is 11.7. The Labute approximate surface area is 129 Å². The first-order valence-corrected chi connectivity index (χ1v) is 8.00. The number of anilines is 1. The summed E-state index contributed by atoms with van der Waals surface area (Å²) in [5, 5.41) is 3.26. The van der Waals surface area contributed by atoms with Crippen LogP contribution < -0.4 is 16.8 Å². The van der Waals surface area contributed by atoms with Crippen molar-refractivity contribution in [1.82, 2.24) is 0 Å². The molecule has 0 fully saturated rings. The third-order valence-electron chi connectivity index (χ3n) is 4.17. The van der Waals surface area contributed by atoms with Gasteiger partial charge in [-0.15, -0.1) is 11.3 Å². The van der Waals surface area contributed by atoms with Crippen LogP contribution in [0.1, 0.15) is 48.0 Å². The van der Waals surface area contributed by atoms with Gasteiger partial charge in [0.25, 0.3) is 5.91 Å². The van der Waals surface area contributed by atoms with Crippen LogP contribution in [0, 0.1) is 11.3 Å². The van der Waals surface area contributed by atoms with Crippen molar-refractivity contribution in [2.24, 2.45) is 22.8 Å². The van der Waals surface area contributed by atoms with Crippen LogP contribution in [0.2, 0.25) is 0 Å². The highest BCUT2D eigenvalue weighted by Crippen LogP contribution is 2.44. The standard InChI is InChI=1S/C15H23N3O2S/c1-15(2,3)8-4-5-9-10(6-8)21-14(12(9)13(17)20)18-11(19)7-16/h8H,4-7,16H2,1-3H3,(H2,17,20)(H,18,19). The average Bonchev–Trinajstić information content (AvgIpc) is 2.74. The number of nitrogens with one attached hydrogen (secondary N) is 1. The second-order valence-electron chi connectivity index (χ2n) is 6.63. The van der Waals surface area contributed by atoms with Gasteiger partial charge in [-0.1, -0.05) is 20.8 Å². The number of thiophene rings is 1. The van der Waals surface area contributed by atoms with E-state index in [1.165, 1.54) is 16.2 Å². The molecule has 1 aliphatic carbocycles. The van der Waals surface area contributed by atoms with Gasteiger partial charge in [-0.3, -0.25) is 9.59 Å². The number of carbonyl (C=O) groups is 2. The number of hydrogen-bond acceptors (Lipinski definition) is 4. The van der Waals surface area contributed by atoms with E-state index in [-0.39, 0.29) is 17.9 Å². The smallest absolute Gasteiger partial charge is 0.251 e. The Morgan fingerprint density at radius 2 is 2.05 bits per heavy atom. The van der Waals surface area contributed by atoms with Crippen molar-refractivity contribution in [3.05, 3.63) is 16.0 Å². The molecule has 0 aliphatic heterocycles. The Morgan fingerprint density at radius 3 is 2.57 bits per heavy atom. The zero-order chi connectivity index (χ0) is 15.8. The van der Waals surface area contributed by atoms with Gasteiger partial charge >= 0.3 is 0 Å². The Hall–Kier alpha value is -1.40. The van der Waals surface area contributed by atoms with Gasteiger partial charge in [0.05, 0.1) is 12.1 Å². The van der Waals surface area contributed by atoms with Crippen LogP contribution in [-0.4, -0.2) is 18.4 Å². The molecule has 0 aromatic carbocycles. The zero-order valence-electron chi connectivity index (χ0n) is 12.8. The van der Waals surface area contributed by atoms with Crippen molar-refractivity contribution in [2.45, 2.75) is 40.0 Å². The van der Waals surface area contributed by atoms with Crippen molar-refractivity contribution in [1.29, 1.82) is 0 Å². The first-order chi connectivity index (χ1) is 9.74. The van der Waals surface area contributed by atoms with E-state index in [1.807, 2.05) is 0 Å². The van der Waals surface area contributed by atoms with Gasteiger partial charge in [-0.25, -0.2) is 0 Å². The summed E-state index contributed by atoms with van der Waals surface area (Å²) in [6, 6.07) is 0. The number of fused-ring (bicyclic) bond motifs is 1. The quantitative estimate of drug-likeness (QED) is 0.795. The number of carbonyl (C=O) groups excluding carboxylic acids is 2. The highest BCUT2D eigenvalue weighted by atomic mass is 32.1. The van der Waals surface area contributed by atoms with Crippen molar-refractivity contribution in [3.63, 3.8) is 0 Å². The average molecular weight is 309 g/mol. The van der Waals surface area contributed by atoms with E-state index >= 15 is 0 Å². The molecule has 6 heteroatoms. The van der Waals surface area contributed by atoms with E-state index in [0.29, 0.717) is 16.5 Å². The van der Waals surface area contributed by atoms with Crippen LogP contribution in [0.4, 0.5) is 5.00 Å². The molecule has 0 saturated carbocycles. The van der Waals surface area contributed by atoms with Crippen LogP contribution in [-0.2, 0) is 17.6 Å². The molecule has 1 heterocycles. The van der Waals surface area contributed by atoms with Gasteiger partial charge < -0.3 is 16.8 Å². The Morgan fingerprint density at radius 1 is 1.38 bits per heavy atom.